The number of hydrogen-bond acceptors (Lipinski definition) is 7. The number of nitrogens with one attached hydrogen (secondary N) is 1. The molecule has 4 aromatic heterocycles. The lowest BCUT2D eigenvalue weighted by Crippen LogP contribution is -2.29. The van der Waals surface area contributed by atoms with Crippen LogP contribution in [0.2, 0.25) is 0 Å². The summed E-state index contributed by atoms with van der Waals surface area (Å²) >= 11 is 0. The molecule has 5 heterocycles. The highest BCUT2D eigenvalue weighted by Crippen LogP contribution is 2.21. The fourth-order valence-electron chi connectivity index (χ4n) is 3.78. The molecule has 1 N–H and O–H groups in total. The maximum atomic E-state index is 12.8. The van der Waals surface area contributed by atoms with Gasteiger partial charge in [0.1, 0.15) is 5.69 Å². The van der Waals surface area contributed by atoms with Gasteiger partial charge in [-0.25, -0.2) is 4.98 Å². The van der Waals surface area contributed by atoms with E-state index in [2.05, 4.69) is 30.7 Å². The Bertz CT molecular complexity index is 1200. The van der Waals surface area contributed by atoms with Crippen LogP contribution in [0.15, 0.2) is 43.0 Å². The lowest BCUT2D eigenvalue weighted by molar-refractivity contribution is 0.0992. The minimum atomic E-state index is 0.00659. The Balaban J connectivity index is 1.35. The van der Waals surface area contributed by atoms with Crippen LogP contribution in [-0.2, 0) is 13.5 Å². The van der Waals surface area contributed by atoms with Crippen LogP contribution in [-0.4, -0.2) is 53.6 Å². The first kappa shape index (κ1) is 18.6. The first-order valence-corrected chi connectivity index (χ1v) is 10.1. The van der Waals surface area contributed by atoms with Crippen molar-refractivity contribution in [3.8, 4) is 11.4 Å². The number of ketones is 1. The van der Waals surface area contributed by atoms with E-state index in [9.17, 15) is 4.79 Å². The Morgan fingerprint density at radius 1 is 1.17 bits per heavy atom. The number of carbonyl (C=O) groups excluding carboxylic acids is 1. The number of rotatable bonds is 5. The van der Waals surface area contributed by atoms with Gasteiger partial charge in [0.25, 0.3) is 0 Å². The van der Waals surface area contributed by atoms with E-state index in [0.717, 1.165) is 42.5 Å². The first-order valence-electron chi connectivity index (χ1n) is 10.1. The molecule has 0 aromatic carbocycles. The topological polar surface area (TPSA) is 103 Å². The van der Waals surface area contributed by atoms with Crippen LogP contribution in [0.1, 0.15) is 34.9 Å². The molecule has 152 valence electrons. The molecule has 0 spiro atoms. The van der Waals surface area contributed by atoms with Gasteiger partial charge in [-0.3, -0.25) is 19.1 Å². The number of piperidine rings is 1. The maximum absolute atomic E-state index is 12.8. The molecule has 1 aliphatic heterocycles. The Labute approximate surface area is 173 Å². The third-order valence-electron chi connectivity index (χ3n) is 5.44. The largest absolute Gasteiger partial charge is 0.317 e. The Hall–Kier alpha value is -3.46. The highest BCUT2D eigenvalue weighted by molar-refractivity contribution is 5.97. The average molecular weight is 402 g/mol. The van der Waals surface area contributed by atoms with Crippen molar-refractivity contribution in [2.75, 3.05) is 13.1 Å². The van der Waals surface area contributed by atoms with E-state index in [1.54, 1.807) is 17.1 Å². The number of Topliss-reactive ketones (excluding diaryl/α,β-unsaturated/α-hetero) is 1. The number of nitrogens with zero attached hydrogens (tertiary/aromatic N) is 7. The van der Waals surface area contributed by atoms with Crippen molar-refractivity contribution in [3.63, 3.8) is 0 Å². The van der Waals surface area contributed by atoms with Crippen LogP contribution in [0, 0.1) is 0 Å². The van der Waals surface area contributed by atoms with Crippen molar-refractivity contribution in [2.45, 2.75) is 25.3 Å². The van der Waals surface area contributed by atoms with Gasteiger partial charge in [-0.1, -0.05) is 5.21 Å². The predicted octanol–water partition coefficient (Wildman–Crippen LogP) is 1.97. The van der Waals surface area contributed by atoms with Gasteiger partial charge in [0.05, 0.1) is 47.3 Å². The first-order chi connectivity index (χ1) is 14.7. The average Bonchev–Trinajstić information content (AvgIpc) is 3.43. The van der Waals surface area contributed by atoms with Crippen LogP contribution in [0.5, 0.6) is 0 Å². The summed E-state index contributed by atoms with van der Waals surface area (Å²) in [6.07, 6.45) is 9.37. The summed E-state index contributed by atoms with van der Waals surface area (Å²) in [6.45, 7) is 1.97. The Morgan fingerprint density at radius 2 is 2.03 bits per heavy atom. The summed E-state index contributed by atoms with van der Waals surface area (Å²) in [7, 11) is 1.82. The monoisotopic (exact) mass is 402 g/mol. The molecule has 9 heteroatoms. The number of pyridine rings is 2. The van der Waals surface area contributed by atoms with E-state index >= 15 is 0 Å². The zero-order chi connectivity index (χ0) is 20.5. The molecule has 0 amide bonds. The fourth-order valence-corrected chi connectivity index (χ4v) is 3.78. The Morgan fingerprint density at radius 3 is 2.83 bits per heavy atom. The second kappa shape index (κ2) is 7.75. The summed E-state index contributed by atoms with van der Waals surface area (Å²) in [5.74, 6) is 0.00659. The summed E-state index contributed by atoms with van der Waals surface area (Å²) in [5.41, 5.74) is 3.53. The van der Waals surface area contributed by atoms with Gasteiger partial charge >= 0.3 is 0 Å². The molecule has 0 bridgehead atoms. The second-order valence-electron chi connectivity index (χ2n) is 7.63. The van der Waals surface area contributed by atoms with E-state index in [4.69, 9.17) is 0 Å². The third-order valence-corrected chi connectivity index (χ3v) is 5.44. The van der Waals surface area contributed by atoms with E-state index in [0.29, 0.717) is 23.0 Å². The van der Waals surface area contributed by atoms with E-state index in [-0.39, 0.29) is 12.2 Å². The van der Waals surface area contributed by atoms with Crippen molar-refractivity contribution >= 4 is 16.7 Å². The molecule has 30 heavy (non-hydrogen) atoms. The summed E-state index contributed by atoms with van der Waals surface area (Å²) in [5, 5.41) is 16.7. The van der Waals surface area contributed by atoms with Crippen molar-refractivity contribution < 1.29 is 4.79 Å². The number of carbonyl (C=O) groups is 1. The maximum Gasteiger partial charge on any atom is 0.171 e. The van der Waals surface area contributed by atoms with Gasteiger partial charge in [0.15, 0.2) is 5.78 Å². The third kappa shape index (κ3) is 3.71. The van der Waals surface area contributed by atoms with E-state index in [1.165, 1.54) is 0 Å². The van der Waals surface area contributed by atoms with Crippen LogP contribution in [0.3, 0.4) is 0 Å². The normalized spacial score (nSPS) is 15.0. The Kier molecular flexibility index (Phi) is 4.80. The van der Waals surface area contributed by atoms with Crippen LogP contribution in [0.4, 0.5) is 0 Å². The van der Waals surface area contributed by atoms with Gasteiger partial charge in [-0.05, 0) is 44.1 Å². The number of fused-ring (bicyclic) bond motifs is 1. The summed E-state index contributed by atoms with van der Waals surface area (Å²) < 4.78 is 3.57. The molecule has 9 nitrogen and oxygen atoms in total. The van der Waals surface area contributed by atoms with Crippen molar-refractivity contribution in [2.24, 2.45) is 7.05 Å². The minimum absolute atomic E-state index is 0.00659. The molecule has 0 radical (unpaired) electrons. The molecule has 0 aliphatic carbocycles. The summed E-state index contributed by atoms with van der Waals surface area (Å²) in [4.78, 5) is 21.9. The molecule has 1 aliphatic rings. The van der Waals surface area contributed by atoms with Crippen LogP contribution in [0.25, 0.3) is 22.3 Å². The molecule has 0 unspecified atom stereocenters. The van der Waals surface area contributed by atoms with Gasteiger partial charge in [-0.15, -0.1) is 5.10 Å². The highest BCUT2D eigenvalue weighted by Gasteiger charge is 2.18. The number of aryl methyl sites for hydroxylation is 1. The zero-order valence-electron chi connectivity index (χ0n) is 16.7. The smallest absolute Gasteiger partial charge is 0.171 e. The molecule has 4 aromatic rings. The molecule has 1 fully saturated rings. The van der Waals surface area contributed by atoms with Crippen LogP contribution >= 0.6 is 0 Å². The zero-order valence-corrected chi connectivity index (χ0v) is 16.7. The number of hydrogen-bond donors (Lipinski definition) is 1. The fraction of sp³-hybridized carbons (Fsp3) is 0.333. The molecule has 0 saturated carbocycles. The number of aromatic nitrogens is 7. The van der Waals surface area contributed by atoms with Gasteiger partial charge in [0.2, 0.25) is 0 Å². The quantitative estimate of drug-likeness (QED) is 0.509. The van der Waals surface area contributed by atoms with Gasteiger partial charge < -0.3 is 5.32 Å². The van der Waals surface area contributed by atoms with E-state index in [1.807, 2.05) is 42.3 Å². The van der Waals surface area contributed by atoms with Crippen molar-refractivity contribution in [1.29, 1.82) is 0 Å². The predicted molar refractivity (Wildman–Crippen MR) is 111 cm³/mol. The molecule has 0 atom stereocenters. The second-order valence-corrected chi connectivity index (χ2v) is 7.63. The van der Waals surface area contributed by atoms with E-state index < -0.39 is 0 Å². The van der Waals surface area contributed by atoms with Crippen molar-refractivity contribution in [3.05, 3.63) is 54.2 Å². The molecule has 5 rings (SSSR count). The summed E-state index contributed by atoms with van der Waals surface area (Å²) in [6, 6.07) is 6.07. The SMILES string of the molecule is Cn1cc(-c2ccc3cnc(CC(=O)c4cnn(C5CCNCC5)c4)cc3n2)nn1. The molecule has 1 saturated heterocycles. The lowest BCUT2D eigenvalue weighted by Gasteiger charge is -2.22. The van der Waals surface area contributed by atoms with Gasteiger partial charge in [-0.2, -0.15) is 5.10 Å². The molecular weight excluding hydrogens is 380 g/mol. The van der Waals surface area contributed by atoms with Crippen molar-refractivity contribution in [1.82, 2.24) is 40.1 Å². The van der Waals surface area contributed by atoms with Gasteiger partial charge in [0, 0.05) is 24.8 Å². The standard InChI is InChI=1S/C21H22N8O/c1-28-13-20(26-27-28)18-3-2-14-10-23-16(8-19(14)25-18)9-21(30)15-11-24-29(12-15)17-4-6-22-7-5-17/h2-3,8,10-13,17,22H,4-7,9H2,1H3. The minimum Gasteiger partial charge on any atom is -0.317 e. The molecular formula is C21H22N8O. The highest BCUT2D eigenvalue weighted by atomic mass is 16.1. The lowest BCUT2D eigenvalue weighted by atomic mass is 10.1. The van der Waals surface area contributed by atoms with Crippen LogP contribution < -0.4 is 5.32 Å².